The van der Waals surface area contributed by atoms with Gasteiger partial charge in [-0.15, -0.1) is 0 Å². The maximum absolute atomic E-state index is 13.3. The van der Waals surface area contributed by atoms with Gasteiger partial charge in [0.1, 0.15) is 24.6 Å². The molecule has 12 nitrogen and oxygen atoms in total. The van der Waals surface area contributed by atoms with E-state index in [1.165, 1.54) is 24.3 Å². The van der Waals surface area contributed by atoms with Crippen LogP contribution in [0.5, 0.6) is 5.75 Å². The summed E-state index contributed by atoms with van der Waals surface area (Å²) in [5, 5.41) is 13.8. The molecule has 1 amide bonds. The Balaban J connectivity index is 1.36. The number of nitro groups is 1. The van der Waals surface area contributed by atoms with Gasteiger partial charge in [0, 0.05) is 25.2 Å². The average Bonchev–Trinajstić information content (AvgIpc) is 3.54. The zero-order valence-electron chi connectivity index (χ0n) is 25.0. The highest BCUT2D eigenvalue weighted by Gasteiger charge is 2.64. The molecular weight excluding hydrogens is 548 g/mol. The minimum atomic E-state index is -0.968. The van der Waals surface area contributed by atoms with E-state index < -0.39 is 40.5 Å². The summed E-state index contributed by atoms with van der Waals surface area (Å²) in [6.45, 7) is 9.06. The van der Waals surface area contributed by atoms with Gasteiger partial charge in [0.15, 0.2) is 0 Å². The van der Waals surface area contributed by atoms with Crippen molar-refractivity contribution in [1.82, 2.24) is 5.32 Å². The number of nitro benzene ring substituents is 1. The number of carbonyl (C=O) groups excluding carboxylic acids is 2. The molecule has 0 radical (unpaired) electrons. The molecule has 1 aromatic carbocycles. The molecule has 1 spiro atoms. The van der Waals surface area contributed by atoms with Gasteiger partial charge < -0.3 is 33.7 Å². The highest BCUT2D eigenvalue weighted by atomic mass is 16.7. The molecule has 232 valence electrons. The van der Waals surface area contributed by atoms with Crippen LogP contribution in [-0.2, 0) is 23.7 Å². The van der Waals surface area contributed by atoms with Crippen molar-refractivity contribution in [3.05, 3.63) is 46.0 Å². The number of nitrogens with zero attached hydrogens (tertiary/aromatic N) is 1. The van der Waals surface area contributed by atoms with Crippen LogP contribution in [0, 0.1) is 16.0 Å². The largest absolute Gasteiger partial charge is 0.513 e. The number of amides is 1. The highest BCUT2D eigenvalue weighted by molar-refractivity contribution is 5.69. The molecule has 1 aromatic rings. The Morgan fingerprint density at radius 3 is 2.40 bits per heavy atom. The first-order valence-corrected chi connectivity index (χ1v) is 14.4. The number of alkyl carbamates (subject to hydrolysis) is 1. The van der Waals surface area contributed by atoms with Crippen molar-refractivity contribution in [3.63, 3.8) is 0 Å². The number of methoxy groups -OCH3 is 1. The Bertz CT molecular complexity index is 1150. The summed E-state index contributed by atoms with van der Waals surface area (Å²) >= 11 is 0. The van der Waals surface area contributed by atoms with Crippen LogP contribution < -0.4 is 10.1 Å². The van der Waals surface area contributed by atoms with Crippen LogP contribution in [0.2, 0.25) is 0 Å². The van der Waals surface area contributed by atoms with Crippen LogP contribution in [0.1, 0.15) is 66.2 Å². The smallest absolute Gasteiger partial charge is 0.443 e. The molecule has 0 aromatic heterocycles. The number of epoxide rings is 1. The summed E-state index contributed by atoms with van der Waals surface area (Å²) in [6, 6.07) is 5.09. The summed E-state index contributed by atoms with van der Waals surface area (Å²) in [6.07, 6.45) is 3.70. The fourth-order valence-corrected chi connectivity index (χ4v) is 6.29. The fourth-order valence-electron chi connectivity index (χ4n) is 6.29. The molecule has 1 saturated heterocycles. The van der Waals surface area contributed by atoms with Crippen molar-refractivity contribution in [2.45, 2.75) is 95.2 Å². The topological polar surface area (TPSA) is 148 Å². The molecule has 12 heteroatoms. The van der Waals surface area contributed by atoms with Crippen LogP contribution in [0.4, 0.5) is 15.3 Å². The van der Waals surface area contributed by atoms with Gasteiger partial charge in [0.2, 0.25) is 0 Å². The number of non-ortho nitro benzene ring substituents is 1. The van der Waals surface area contributed by atoms with E-state index in [-0.39, 0.29) is 29.6 Å². The van der Waals surface area contributed by atoms with Crippen LogP contribution in [0.3, 0.4) is 0 Å². The van der Waals surface area contributed by atoms with Gasteiger partial charge in [-0.1, -0.05) is 24.5 Å². The Labute approximate surface area is 246 Å². The molecule has 0 bridgehead atoms. The van der Waals surface area contributed by atoms with E-state index in [2.05, 4.69) is 5.32 Å². The number of nitrogens with one attached hydrogen (secondary N) is 1. The molecule has 3 aliphatic rings. The molecule has 2 saturated carbocycles. The third kappa shape index (κ3) is 7.59. The number of hydrogen-bond donors (Lipinski definition) is 1. The van der Waals surface area contributed by atoms with Crippen LogP contribution in [0.25, 0.3) is 0 Å². The number of carbonyl (C=O) groups is 2. The maximum Gasteiger partial charge on any atom is 0.513 e. The molecule has 2 aliphatic carbocycles. The number of rotatable bonds is 11. The molecule has 3 unspecified atom stereocenters. The molecule has 1 N–H and O–H groups in total. The second-order valence-corrected chi connectivity index (χ2v) is 12.2. The van der Waals surface area contributed by atoms with Gasteiger partial charge in [-0.3, -0.25) is 10.1 Å². The number of benzene rings is 1. The van der Waals surface area contributed by atoms with Crippen molar-refractivity contribution >= 4 is 17.9 Å². The lowest BCUT2D eigenvalue weighted by atomic mass is 9.68. The van der Waals surface area contributed by atoms with Crippen LogP contribution >= 0.6 is 0 Å². The SMILES string of the molecule is COC1C(OC(=O)NC2(COC(=O)Oc3ccc([N+](=O)[O-])cc3)CCCC2)CC[C@]2(CO2)C1C(C)(C)OCC=C(C)C. The molecule has 42 heavy (non-hydrogen) atoms. The predicted octanol–water partition coefficient (Wildman–Crippen LogP) is 5.47. The Morgan fingerprint density at radius 1 is 1.17 bits per heavy atom. The fraction of sp³-hybridized carbons (Fsp3) is 0.667. The Kier molecular flexibility index (Phi) is 9.79. The monoisotopic (exact) mass is 590 g/mol. The molecule has 3 fully saturated rings. The quantitative estimate of drug-likeness (QED) is 0.0878. The summed E-state index contributed by atoms with van der Waals surface area (Å²) in [5.74, 6) is -0.0499. The Hall–Kier alpha value is -3.22. The normalized spacial score (nSPS) is 26.3. The second-order valence-electron chi connectivity index (χ2n) is 12.2. The van der Waals surface area contributed by atoms with E-state index in [1.807, 2.05) is 33.8 Å². The van der Waals surface area contributed by atoms with E-state index in [1.54, 1.807) is 7.11 Å². The minimum absolute atomic E-state index is 0.100. The average molecular weight is 591 g/mol. The third-order valence-electron chi connectivity index (χ3n) is 8.50. The lowest BCUT2D eigenvalue weighted by molar-refractivity contribution is -0.384. The number of allylic oxidation sites excluding steroid dienone is 1. The molecular formula is C30H42N2O10. The molecule has 1 aliphatic heterocycles. The second kappa shape index (κ2) is 13.0. The lowest BCUT2D eigenvalue weighted by Crippen LogP contribution is -2.59. The van der Waals surface area contributed by atoms with Crippen LogP contribution in [-0.4, -0.2) is 73.1 Å². The van der Waals surface area contributed by atoms with E-state index in [4.69, 9.17) is 28.4 Å². The van der Waals surface area contributed by atoms with Crippen LogP contribution in [0.15, 0.2) is 35.9 Å². The van der Waals surface area contributed by atoms with Gasteiger partial charge in [-0.2, -0.15) is 0 Å². The highest BCUT2D eigenvalue weighted by Crippen LogP contribution is 2.52. The van der Waals surface area contributed by atoms with Crippen molar-refractivity contribution in [3.8, 4) is 5.75 Å². The van der Waals surface area contributed by atoms with Gasteiger partial charge in [-0.25, -0.2) is 9.59 Å². The number of ether oxygens (including phenoxy) is 6. The first-order chi connectivity index (χ1) is 19.9. The van der Waals surface area contributed by atoms with E-state index in [0.29, 0.717) is 38.9 Å². The first-order valence-electron chi connectivity index (χ1n) is 14.4. The zero-order valence-corrected chi connectivity index (χ0v) is 25.0. The molecule has 4 atom stereocenters. The van der Waals surface area contributed by atoms with Crippen molar-refractivity contribution in [2.75, 3.05) is 26.9 Å². The van der Waals surface area contributed by atoms with Crippen molar-refractivity contribution in [1.29, 1.82) is 0 Å². The predicted molar refractivity (Wildman–Crippen MR) is 151 cm³/mol. The third-order valence-corrected chi connectivity index (χ3v) is 8.50. The Morgan fingerprint density at radius 2 is 1.83 bits per heavy atom. The minimum Gasteiger partial charge on any atom is -0.443 e. The van der Waals surface area contributed by atoms with E-state index >= 15 is 0 Å². The van der Waals surface area contributed by atoms with Crippen molar-refractivity contribution < 1.29 is 42.9 Å². The molecule has 4 rings (SSSR count). The zero-order chi connectivity index (χ0) is 30.5. The van der Waals surface area contributed by atoms with E-state index in [0.717, 1.165) is 18.4 Å². The van der Waals surface area contributed by atoms with E-state index in [9.17, 15) is 19.7 Å². The lowest BCUT2D eigenvalue weighted by Gasteiger charge is -2.47. The van der Waals surface area contributed by atoms with Crippen molar-refractivity contribution in [2.24, 2.45) is 5.92 Å². The summed E-state index contributed by atoms with van der Waals surface area (Å²) < 4.78 is 34.7. The number of hydrogen-bond acceptors (Lipinski definition) is 10. The summed E-state index contributed by atoms with van der Waals surface area (Å²) in [7, 11) is 1.61. The summed E-state index contributed by atoms with van der Waals surface area (Å²) in [5.41, 5.74) is -0.724. The van der Waals surface area contributed by atoms with Gasteiger partial charge in [0.05, 0.1) is 34.9 Å². The molecule has 1 heterocycles. The summed E-state index contributed by atoms with van der Waals surface area (Å²) in [4.78, 5) is 35.9. The van der Waals surface area contributed by atoms with Gasteiger partial charge >= 0.3 is 12.2 Å². The standard InChI is InChI=1S/C30H42N2O10/c1-20(2)13-17-39-28(3,4)25-24(37-5)23(12-16-30(25)19-40-30)42-26(33)31-29(14-6-7-15-29)18-38-27(34)41-22-10-8-21(9-11-22)32(35)36/h8-11,13,23-25H,6-7,12,14-19H2,1-5H3,(H,31,33)/t23?,24?,25?,30-/m0/s1. The first kappa shape index (κ1) is 31.7. The van der Waals surface area contributed by atoms with Gasteiger partial charge in [-0.05, 0) is 65.5 Å². The van der Waals surface area contributed by atoms with Gasteiger partial charge in [0.25, 0.3) is 5.69 Å². The maximum atomic E-state index is 13.3.